The molecule has 0 aliphatic carbocycles. The molecule has 1 saturated heterocycles. The molecule has 33 heavy (non-hydrogen) atoms. The second kappa shape index (κ2) is 8.74. The van der Waals surface area contributed by atoms with Gasteiger partial charge in [-0.15, -0.1) is 0 Å². The Morgan fingerprint density at radius 3 is 2.55 bits per heavy atom. The second-order valence-corrected chi connectivity index (χ2v) is 7.76. The fraction of sp³-hybridized carbons (Fsp3) is 0.200. The average Bonchev–Trinajstić information content (AvgIpc) is 3.11. The maximum atomic E-state index is 13.2. The summed E-state index contributed by atoms with van der Waals surface area (Å²) in [4.78, 5) is 51.3. The highest BCUT2D eigenvalue weighted by atomic mass is 16.5. The van der Waals surface area contributed by atoms with E-state index in [9.17, 15) is 19.2 Å². The van der Waals surface area contributed by atoms with Crippen LogP contribution in [0.4, 0.5) is 10.5 Å². The first-order valence-corrected chi connectivity index (χ1v) is 10.5. The van der Waals surface area contributed by atoms with Gasteiger partial charge in [0.1, 0.15) is 12.1 Å². The van der Waals surface area contributed by atoms with Gasteiger partial charge < -0.3 is 9.30 Å². The number of nitrogens with zero attached hydrogens (tertiary/aromatic N) is 2. The highest BCUT2D eigenvalue weighted by Gasteiger charge is 2.37. The van der Waals surface area contributed by atoms with Gasteiger partial charge in [0.05, 0.1) is 12.3 Å². The van der Waals surface area contributed by atoms with E-state index in [0.717, 1.165) is 26.9 Å². The normalized spacial score (nSPS) is 15.3. The van der Waals surface area contributed by atoms with E-state index in [0.29, 0.717) is 11.3 Å². The lowest BCUT2D eigenvalue weighted by Gasteiger charge is -2.26. The topological polar surface area (TPSA) is 97.7 Å². The number of hydrogen-bond donors (Lipinski definition) is 1. The summed E-state index contributed by atoms with van der Waals surface area (Å²) in [6.45, 7) is 5.80. The maximum Gasteiger partial charge on any atom is 0.335 e. The molecule has 0 bridgehead atoms. The number of fused-ring (bicyclic) bond motifs is 1. The molecule has 2 heterocycles. The average molecular weight is 445 g/mol. The van der Waals surface area contributed by atoms with Crippen LogP contribution in [0, 0.1) is 13.8 Å². The van der Waals surface area contributed by atoms with Gasteiger partial charge in [-0.1, -0.05) is 24.3 Å². The van der Waals surface area contributed by atoms with Gasteiger partial charge in [0.15, 0.2) is 0 Å². The minimum atomic E-state index is -0.796. The number of aryl methyl sites for hydroxylation is 2. The molecular weight excluding hydrogens is 422 g/mol. The molecule has 4 amide bonds. The number of aromatic nitrogens is 1. The Bertz CT molecular complexity index is 1340. The SMILES string of the molecule is CCOC(=O)Cn1cc(/C=C2/C(=O)NC(=O)N(c3ccc(C)c(C)c3)C2=O)c2ccccc21. The number of urea groups is 1. The van der Waals surface area contributed by atoms with Crippen LogP contribution in [0.25, 0.3) is 17.0 Å². The molecule has 0 spiro atoms. The largest absolute Gasteiger partial charge is 0.465 e. The first kappa shape index (κ1) is 22.0. The van der Waals surface area contributed by atoms with E-state index >= 15 is 0 Å². The van der Waals surface area contributed by atoms with Crippen LogP contribution in [0.15, 0.2) is 54.2 Å². The summed E-state index contributed by atoms with van der Waals surface area (Å²) in [5, 5.41) is 3.00. The summed E-state index contributed by atoms with van der Waals surface area (Å²) >= 11 is 0. The number of hydrogen-bond acceptors (Lipinski definition) is 5. The van der Waals surface area contributed by atoms with Crippen LogP contribution < -0.4 is 10.2 Å². The molecule has 4 rings (SSSR count). The number of para-hydroxylation sites is 1. The number of esters is 1. The molecular formula is C25H23N3O5. The van der Waals surface area contributed by atoms with Crippen molar-refractivity contribution in [2.75, 3.05) is 11.5 Å². The number of imide groups is 2. The van der Waals surface area contributed by atoms with E-state index in [2.05, 4.69) is 5.32 Å². The zero-order valence-corrected chi connectivity index (χ0v) is 18.5. The van der Waals surface area contributed by atoms with Crippen LogP contribution >= 0.6 is 0 Å². The second-order valence-electron chi connectivity index (χ2n) is 7.76. The van der Waals surface area contributed by atoms with Gasteiger partial charge in [-0.25, -0.2) is 9.69 Å². The van der Waals surface area contributed by atoms with Crippen LogP contribution in [-0.4, -0.2) is 35.0 Å². The number of carbonyl (C=O) groups excluding carboxylic acids is 4. The first-order chi connectivity index (χ1) is 15.8. The molecule has 2 aromatic carbocycles. The Balaban J connectivity index is 1.77. The van der Waals surface area contributed by atoms with Gasteiger partial charge in [-0.2, -0.15) is 0 Å². The van der Waals surface area contributed by atoms with E-state index < -0.39 is 23.8 Å². The molecule has 1 aliphatic rings. The van der Waals surface area contributed by atoms with Crippen molar-refractivity contribution in [1.29, 1.82) is 0 Å². The van der Waals surface area contributed by atoms with E-state index in [1.807, 2.05) is 44.2 Å². The Hall–Kier alpha value is -4.20. The van der Waals surface area contributed by atoms with Crippen LogP contribution in [-0.2, 0) is 25.7 Å². The zero-order chi connectivity index (χ0) is 23.7. The molecule has 0 saturated carbocycles. The van der Waals surface area contributed by atoms with Crippen molar-refractivity contribution in [3.63, 3.8) is 0 Å². The minimum absolute atomic E-state index is 0.00900. The predicted molar refractivity (Wildman–Crippen MR) is 123 cm³/mol. The third kappa shape index (κ3) is 4.15. The summed E-state index contributed by atoms with van der Waals surface area (Å²) in [5.74, 6) is -1.88. The predicted octanol–water partition coefficient (Wildman–Crippen LogP) is 3.49. The van der Waals surface area contributed by atoms with Crippen LogP contribution in [0.2, 0.25) is 0 Å². The highest BCUT2D eigenvalue weighted by molar-refractivity contribution is 6.39. The number of carbonyl (C=O) groups is 4. The smallest absolute Gasteiger partial charge is 0.335 e. The molecule has 8 nitrogen and oxygen atoms in total. The lowest BCUT2D eigenvalue weighted by Crippen LogP contribution is -2.54. The van der Waals surface area contributed by atoms with Gasteiger partial charge in [0.2, 0.25) is 0 Å². The van der Waals surface area contributed by atoms with Crippen molar-refractivity contribution in [3.8, 4) is 0 Å². The molecule has 1 fully saturated rings. The van der Waals surface area contributed by atoms with Crippen molar-refractivity contribution < 1.29 is 23.9 Å². The molecule has 1 N–H and O–H groups in total. The summed E-state index contributed by atoms with van der Waals surface area (Å²) < 4.78 is 6.75. The number of amides is 4. The standard InChI is InChI=1S/C25H23N3O5/c1-4-33-22(29)14-27-13-17(19-7-5-6-8-21(19)27)12-20-23(30)26-25(32)28(24(20)31)18-10-9-15(2)16(3)11-18/h5-13H,4,14H2,1-3H3,(H,26,30,32)/b20-12-. The molecule has 168 valence electrons. The maximum absolute atomic E-state index is 13.2. The number of nitrogens with one attached hydrogen (secondary N) is 1. The van der Waals surface area contributed by atoms with Crippen LogP contribution in [0.5, 0.6) is 0 Å². The molecule has 1 aromatic heterocycles. The van der Waals surface area contributed by atoms with E-state index in [1.54, 1.807) is 29.8 Å². The highest BCUT2D eigenvalue weighted by Crippen LogP contribution is 2.27. The Morgan fingerprint density at radius 2 is 1.82 bits per heavy atom. The molecule has 1 aliphatic heterocycles. The lowest BCUT2D eigenvalue weighted by atomic mass is 10.0. The summed E-state index contributed by atoms with van der Waals surface area (Å²) in [6, 6.07) is 11.7. The van der Waals surface area contributed by atoms with Crippen LogP contribution in [0.1, 0.15) is 23.6 Å². The number of ether oxygens (including phenoxy) is 1. The quantitative estimate of drug-likeness (QED) is 0.368. The summed E-state index contributed by atoms with van der Waals surface area (Å²) in [6.07, 6.45) is 3.13. The zero-order valence-electron chi connectivity index (χ0n) is 18.5. The van der Waals surface area contributed by atoms with Gasteiger partial charge in [-0.05, 0) is 56.2 Å². The van der Waals surface area contributed by atoms with Crippen molar-refractivity contribution in [2.24, 2.45) is 0 Å². The fourth-order valence-electron chi connectivity index (χ4n) is 3.78. The van der Waals surface area contributed by atoms with E-state index in [-0.39, 0.29) is 18.7 Å². The van der Waals surface area contributed by atoms with Crippen molar-refractivity contribution in [1.82, 2.24) is 9.88 Å². The van der Waals surface area contributed by atoms with Gasteiger partial charge >= 0.3 is 12.0 Å². The van der Waals surface area contributed by atoms with Gasteiger partial charge in [0, 0.05) is 22.7 Å². The third-order valence-electron chi connectivity index (χ3n) is 5.57. The Labute approximate surface area is 190 Å². The molecule has 0 unspecified atom stereocenters. The van der Waals surface area contributed by atoms with Crippen molar-refractivity contribution in [2.45, 2.75) is 27.3 Å². The number of anilines is 1. The Morgan fingerprint density at radius 1 is 1.06 bits per heavy atom. The lowest BCUT2D eigenvalue weighted by molar-refractivity contribution is -0.143. The molecule has 0 atom stereocenters. The number of benzene rings is 2. The minimum Gasteiger partial charge on any atom is -0.465 e. The molecule has 0 radical (unpaired) electrons. The summed E-state index contributed by atoms with van der Waals surface area (Å²) in [5.41, 5.74) is 3.46. The summed E-state index contributed by atoms with van der Waals surface area (Å²) in [7, 11) is 0. The van der Waals surface area contributed by atoms with Gasteiger partial charge in [0.25, 0.3) is 11.8 Å². The third-order valence-corrected chi connectivity index (χ3v) is 5.57. The number of barbiturate groups is 1. The van der Waals surface area contributed by atoms with E-state index in [4.69, 9.17) is 4.74 Å². The monoisotopic (exact) mass is 445 g/mol. The molecule has 3 aromatic rings. The fourth-order valence-corrected chi connectivity index (χ4v) is 3.78. The van der Waals surface area contributed by atoms with E-state index in [1.165, 1.54) is 6.08 Å². The molecule has 8 heteroatoms. The van der Waals surface area contributed by atoms with Crippen LogP contribution in [0.3, 0.4) is 0 Å². The first-order valence-electron chi connectivity index (χ1n) is 10.5. The number of rotatable bonds is 5. The van der Waals surface area contributed by atoms with Crippen molar-refractivity contribution >= 4 is 46.5 Å². The van der Waals surface area contributed by atoms with Gasteiger partial charge in [-0.3, -0.25) is 19.7 Å². The Kier molecular flexibility index (Phi) is 5.83. The van der Waals surface area contributed by atoms with Crippen molar-refractivity contribution in [3.05, 3.63) is 70.9 Å².